The first kappa shape index (κ1) is 19.4. The van der Waals surface area contributed by atoms with E-state index < -0.39 is 0 Å². The zero-order valence-corrected chi connectivity index (χ0v) is 16.5. The smallest absolute Gasteiger partial charge is 0.118 e. The van der Waals surface area contributed by atoms with E-state index >= 15 is 0 Å². The van der Waals surface area contributed by atoms with E-state index in [0.29, 0.717) is 12.0 Å². The zero-order valence-electron chi connectivity index (χ0n) is 16.5. The number of aromatic amines is 1. The molecule has 0 bridgehead atoms. The highest BCUT2D eigenvalue weighted by Crippen LogP contribution is 2.25. The second kappa shape index (κ2) is 9.52. The number of nitrogens with one attached hydrogen (secondary N) is 2. The summed E-state index contributed by atoms with van der Waals surface area (Å²) in [5.41, 5.74) is 3.35. The predicted molar refractivity (Wildman–Crippen MR) is 107 cm³/mol. The molecule has 2 aromatic rings. The average molecular weight is 386 g/mol. The van der Waals surface area contributed by atoms with Crippen LogP contribution in [0, 0.1) is 5.92 Å². The molecule has 0 saturated carbocycles. The van der Waals surface area contributed by atoms with Crippen molar-refractivity contribution in [2.75, 3.05) is 53.2 Å². The number of aromatic nitrogens is 2. The monoisotopic (exact) mass is 386 g/mol. The number of benzene rings is 1. The molecule has 28 heavy (non-hydrogen) atoms. The van der Waals surface area contributed by atoms with Gasteiger partial charge in [-0.05, 0) is 30.7 Å². The Morgan fingerprint density at radius 3 is 2.75 bits per heavy atom. The van der Waals surface area contributed by atoms with Gasteiger partial charge in [-0.3, -0.25) is 10.00 Å². The second-order valence-electron chi connectivity index (χ2n) is 7.47. The lowest BCUT2D eigenvalue weighted by atomic mass is 9.96. The first-order valence-corrected chi connectivity index (χ1v) is 10.1. The number of H-pyrrole nitrogens is 1. The summed E-state index contributed by atoms with van der Waals surface area (Å²) in [6.07, 6.45) is 3.06. The fraction of sp³-hybridized carbons (Fsp3) is 0.571. The van der Waals surface area contributed by atoms with Crippen molar-refractivity contribution in [1.82, 2.24) is 20.4 Å². The maximum atomic E-state index is 5.67. The summed E-state index contributed by atoms with van der Waals surface area (Å²) in [6.45, 7) is 7.15. The molecule has 7 heteroatoms. The van der Waals surface area contributed by atoms with Crippen LogP contribution < -0.4 is 10.1 Å². The Bertz CT molecular complexity index is 722. The molecule has 2 aliphatic rings. The van der Waals surface area contributed by atoms with Crippen LogP contribution in [0.3, 0.4) is 0 Å². The Morgan fingerprint density at radius 2 is 2.04 bits per heavy atom. The molecule has 2 atom stereocenters. The summed E-state index contributed by atoms with van der Waals surface area (Å²) < 4.78 is 16.5. The molecule has 0 aliphatic carbocycles. The number of methoxy groups -OCH3 is 1. The molecule has 0 spiro atoms. The lowest BCUT2D eigenvalue weighted by Crippen LogP contribution is -2.51. The number of hydrogen-bond acceptors (Lipinski definition) is 6. The molecule has 0 radical (unpaired) electrons. The minimum Gasteiger partial charge on any atom is -0.497 e. The quantitative estimate of drug-likeness (QED) is 0.722. The molecule has 2 saturated heterocycles. The fourth-order valence-corrected chi connectivity index (χ4v) is 4.17. The van der Waals surface area contributed by atoms with Crippen LogP contribution in [0.15, 0.2) is 30.5 Å². The van der Waals surface area contributed by atoms with Gasteiger partial charge < -0.3 is 19.5 Å². The van der Waals surface area contributed by atoms with Gasteiger partial charge in [0.1, 0.15) is 5.75 Å². The van der Waals surface area contributed by atoms with Gasteiger partial charge in [-0.15, -0.1) is 0 Å². The zero-order chi connectivity index (χ0) is 19.2. The van der Waals surface area contributed by atoms with Crippen molar-refractivity contribution in [2.24, 2.45) is 5.92 Å². The third-order valence-electron chi connectivity index (χ3n) is 5.79. The summed E-state index contributed by atoms with van der Waals surface area (Å²) in [5, 5.41) is 11.1. The third kappa shape index (κ3) is 4.55. The number of morpholine rings is 1. The van der Waals surface area contributed by atoms with Crippen LogP contribution in [0.25, 0.3) is 11.3 Å². The number of hydrogen-bond donors (Lipinski definition) is 2. The molecule has 2 aliphatic heterocycles. The molecule has 1 aromatic heterocycles. The highest BCUT2D eigenvalue weighted by molar-refractivity contribution is 5.63. The molecular weight excluding hydrogens is 356 g/mol. The topological polar surface area (TPSA) is 71.6 Å². The van der Waals surface area contributed by atoms with E-state index in [-0.39, 0.29) is 0 Å². The summed E-state index contributed by atoms with van der Waals surface area (Å²) in [6, 6.07) is 8.55. The standard InChI is InChI=1S/C21H30N4O3/c1-26-19-4-2-16(3-5-19)21-18(13-23-24-21)12-22-14-20(17-6-9-28-15-17)25-7-10-27-11-8-25/h2-5,13,17,20,22H,6-12,14-15H2,1H3,(H,23,24)/t17-,20+/m1/s1. The maximum absolute atomic E-state index is 5.67. The van der Waals surface area contributed by atoms with Crippen LogP contribution in [0.4, 0.5) is 0 Å². The molecule has 2 N–H and O–H groups in total. The number of ether oxygens (including phenoxy) is 3. The molecule has 152 valence electrons. The fourth-order valence-electron chi connectivity index (χ4n) is 4.17. The Morgan fingerprint density at radius 1 is 1.21 bits per heavy atom. The van der Waals surface area contributed by atoms with E-state index in [1.54, 1.807) is 7.11 Å². The van der Waals surface area contributed by atoms with Gasteiger partial charge in [0.05, 0.1) is 38.8 Å². The summed E-state index contributed by atoms with van der Waals surface area (Å²) >= 11 is 0. The SMILES string of the molecule is COc1ccc(-c2[nH]ncc2CNC[C@@H]([C@@H]2CCOC2)N2CCOCC2)cc1. The van der Waals surface area contributed by atoms with Crippen LogP contribution in [0.5, 0.6) is 5.75 Å². The van der Waals surface area contributed by atoms with Crippen LogP contribution >= 0.6 is 0 Å². The average Bonchev–Trinajstić information content (AvgIpc) is 3.44. The van der Waals surface area contributed by atoms with Crippen molar-refractivity contribution in [1.29, 1.82) is 0 Å². The van der Waals surface area contributed by atoms with Crippen molar-refractivity contribution in [2.45, 2.75) is 19.0 Å². The predicted octanol–water partition coefficient (Wildman–Crippen LogP) is 1.91. The second-order valence-corrected chi connectivity index (χ2v) is 7.47. The normalized spacial score (nSPS) is 21.7. The Kier molecular flexibility index (Phi) is 6.59. The number of rotatable bonds is 8. The van der Waals surface area contributed by atoms with E-state index in [2.05, 4.69) is 32.5 Å². The first-order valence-electron chi connectivity index (χ1n) is 10.1. The van der Waals surface area contributed by atoms with Crippen LogP contribution in [-0.2, 0) is 16.0 Å². The van der Waals surface area contributed by atoms with Crippen molar-refractivity contribution in [3.05, 3.63) is 36.0 Å². The van der Waals surface area contributed by atoms with Crippen LogP contribution in [0.1, 0.15) is 12.0 Å². The highest BCUT2D eigenvalue weighted by Gasteiger charge is 2.31. The molecular formula is C21H30N4O3. The molecule has 0 unspecified atom stereocenters. The Balaban J connectivity index is 1.38. The molecule has 3 heterocycles. The van der Waals surface area contributed by atoms with Crippen molar-refractivity contribution in [3.8, 4) is 17.0 Å². The van der Waals surface area contributed by atoms with Gasteiger partial charge in [-0.25, -0.2) is 0 Å². The van der Waals surface area contributed by atoms with Gasteiger partial charge in [-0.1, -0.05) is 0 Å². The van der Waals surface area contributed by atoms with E-state index in [0.717, 1.165) is 76.0 Å². The summed E-state index contributed by atoms with van der Waals surface area (Å²) in [7, 11) is 1.68. The van der Waals surface area contributed by atoms with Gasteiger partial charge in [0, 0.05) is 55.9 Å². The molecule has 0 amide bonds. The van der Waals surface area contributed by atoms with Gasteiger partial charge in [0.25, 0.3) is 0 Å². The van der Waals surface area contributed by atoms with Gasteiger partial charge >= 0.3 is 0 Å². The molecule has 2 fully saturated rings. The lowest BCUT2D eigenvalue weighted by molar-refractivity contribution is 0.00137. The Hall–Kier alpha value is -1.93. The van der Waals surface area contributed by atoms with E-state index in [9.17, 15) is 0 Å². The first-order chi connectivity index (χ1) is 13.8. The third-order valence-corrected chi connectivity index (χ3v) is 5.79. The van der Waals surface area contributed by atoms with Crippen molar-refractivity contribution in [3.63, 3.8) is 0 Å². The van der Waals surface area contributed by atoms with Crippen LogP contribution in [0.2, 0.25) is 0 Å². The summed E-state index contributed by atoms with van der Waals surface area (Å²) in [4.78, 5) is 2.57. The van der Waals surface area contributed by atoms with E-state index in [1.807, 2.05) is 18.3 Å². The minimum atomic E-state index is 0.489. The minimum absolute atomic E-state index is 0.489. The van der Waals surface area contributed by atoms with E-state index in [1.165, 1.54) is 5.56 Å². The van der Waals surface area contributed by atoms with Crippen molar-refractivity contribution < 1.29 is 14.2 Å². The van der Waals surface area contributed by atoms with Crippen molar-refractivity contribution >= 4 is 0 Å². The van der Waals surface area contributed by atoms with Gasteiger partial charge in [0.2, 0.25) is 0 Å². The largest absolute Gasteiger partial charge is 0.497 e. The Labute approximate surface area is 166 Å². The maximum Gasteiger partial charge on any atom is 0.118 e. The molecule has 1 aromatic carbocycles. The highest BCUT2D eigenvalue weighted by atomic mass is 16.5. The lowest BCUT2D eigenvalue weighted by Gasteiger charge is -2.37. The van der Waals surface area contributed by atoms with E-state index in [4.69, 9.17) is 14.2 Å². The van der Waals surface area contributed by atoms with Gasteiger partial charge in [0.15, 0.2) is 0 Å². The molecule has 4 rings (SSSR count). The van der Waals surface area contributed by atoms with Crippen LogP contribution in [-0.4, -0.2) is 74.3 Å². The van der Waals surface area contributed by atoms with Gasteiger partial charge in [-0.2, -0.15) is 5.10 Å². The number of nitrogens with zero attached hydrogens (tertiary/aromatic N) is 2. The summed E-state index contributed by atoms with van der Waals surface area (Å²) in [5.74, 6) is 1.45. The molecule has 7 nitrogen and oxygen atoms in total.